The molecule has 196 valence electrons. The van der Waals surface area contributed by atoms with Crippen molar-refractivity contribution in [3.8, 4) is 11.5 Å². The lowest BCUT2D eigenvalue weighted by Gasteiger charge is -2.22. The van der Waals surface area contributed by atoms with E-state index in [1.54, 1.807) is 24.3 Å². The number of nitrogens with one attached hydrogen (secondary N) is 4. The molecule has 10 heteroatoms. The predicted molar refractivity (Wildman–Crippen MR) is 151 cm³/mol. The topological polar surface area (TPSA) is 125 Å². The number of likely N-dealkylation sites (N-methyl/N-ethyl adjacent to an activating group) is 1. The predicted octanol–water partition coefficient (Wildman–Crippen LogP) is 4.37. The van der Waals surface area contributed by atoms with Crippen LogP contribution in [0.1, 0.15) is 24.1 Å². The summed E-state index contributed by atoms with van der Waals surface area (Å²) in [7, 11) is 3.96. The molecule has 3 aromatic rings. The molecule has 0 radical (unpaired) electrons. The standard InChI is InChI=1S/C27H33BrN6O3/c1-4-36-24-17-19(11-14-23(24)37-16-15-34(2)3)25(31-20-12-9-18(10-13-20)26(29)30)27(35)33-32-22-8-6-5-7-21(22)28/h5-14,17,25,31-32H,4,15-16H2,1-3H3,(H3,29,30)(H,33,35). The molecule has 6 N–H and O–H groups in total. The number of ether oxygens (including phenoxy) is 2. The van der Waals surface area contributed by atoms with Crippen molar-refractivity contribution in [1.82, 2.24) is 10.3 Å². The third kappa shape index (κ3) is 8.12. The van der Waals surface area contributed by atoms with Crippen LogP contribution in [0.4, 0.5) is 11.4 Å². The van der Waals surface area contributed by atoms with Gasteiger partial charge in [-0.1, -0.05) is 18.2 Å². The van der Waals surface area contributed by atoms with Crippen molar-refractivity contribution in [2.75, 3.05) is 44.6 Å². The number of hydrogen-bond donors (Lipinski definition) is 5. The second-order valence-corrected chi connectivity index (χ2v) is 9.31. The van der Waals surface area contributed by atoms with Crippen molar-refractivity contribution in [1.29, 1.82) is 5.41 Å². The Labute approximate surface area is 225 Å². The molecule has 0 aliphatic rings. The average molecular weight is 570 g/mol. The van der Waals surface area contributed by atoms with Crippen LogP contribution in [0, 0.1) is 5.41 Å². The summed E-state index contributed by atoms with van der Waals surface area (Å²) in [6, 6.07) is 19.2. The first kappa shape index (κ1) is 27.8. The first-order chi connectivity index (χ1) is 17.8. The highest BCUT2D eigenvalue weighted by molar-refractivity contribution is 9.10. The van der Waals surface area contributed by atoms with Crippen molar-refractivity contribution < 1.29 is 14.3 Å². The highest BCUT2D eigenvalue weighted by Crippen LogP contribution is 2.32. The number of nitrogen functional groups attached to an aromatic ring is 1. The molecule has 9 nitrogen and oxygen atoms in total. The SMILES string of the molecule is CCOc1cc(C(Nc2ccc(C(=N)N)cc2)C(=O)NNc2ccccc2Br)ccc1OCCN(C)C. The summed E-state index contributed by atoms with van der Waals surface area (Å²) < 4.78 is 12.6. The van der Waals surface area contributed by atoms with E-state index in [9.17, 15) is 4.79 Å². The van der Waals surface area contributed by atoms with Crippen molar-refractivity contribution in [3.05, 3.63) is 82.3 Å². The molecule has 37 heavy (non-hydrogen) atoms. The molecule has 0 saturated heterocycles. The van der Waals surface area contributed by atoms with Gasteiger partial charge in [-0.15, -0.1) is 0 Å². The van der Waals surface area contributed by atoms with Gasteiger partial charge in [-0.3, -0.25) is 21.1 Å². The molecule has 1 unspecified atom stereocenters. The molecular weight excluding hydrogens is 536 g/mol. The highest BCUT2D eigenvalue weighted by Gasteiger charge is 2.23. The van der Waals surface area contributed by atoms with Gasteiger partial charge >= 0.3 is 0 Å². The van der Waals surface area contributed by atoms with Gasteiger partial charge < -0.3 is 25.4 Å². The number of anilines is 2. The molecule has 3 aromatic carbocycles. The summed E-state index contributed by atoms with van der Waals surface area (Å²) in [5.74, 6) is 0.840. The van der Waals surface area contributed by atoms with Crippen molar-refractivity contribution in [2.24, 2.45) is 5.73 Å². The summed E-state index contributed by atoms with van der Waals surface area (Å²) in [4.78, 5) is 15.5. The van der Waals surface area contributed by atoms with Crippen LogP contribution in [0.25, 0.3) is 0 Å². The number of rotatable bonds is 13. The first-order valence-electron chi connectivity index (χ1n) is 11.8. The van der Waals surface area contributed by atoms with Gasteiger partial charge in [-0.05, 0) is 91.0 Å². The van der Waals surface area contributed by atoms with Gasteiger partial charge in [0, 0.05) is 22.3 Å². The molecule has 0 heterocycles. The maximum absolute atomic E-state index is 13.4. The van der Waals surface area contributed by atoms with E-state index in [0.717, 1.165) is 16.7 Å². The summed E-state index contributed by atoms with van der Waals surface area (Å²) in [5.41, 5.74) is 14.0. The summed E-state index contributed by atoms with van der Waals surface area (Å²) in [6.45, 7) is 3.62. The van der Waals surface area contributed by atoms with E-state index in [0.29, 0.717) is 41.5 Å². The maximum atomic E-state index is 13.4. The average Bonchev–Trinajstić information content (AvgIpc) is 2.87. The maximum Gasteiger partial charge on any atom is 0.265 e. The van der Waals surface area contributed by atoms with Crippen LogP contribution in [0.2, 0.25) is 0 Å². The molecule has 0 spiro atoms. The Morgan fingerprint density at radius 2 is 1.78 bits per heavy atom. The summed E-state index contributed by atoms with van der Waals surface area (Å²) in [6.07, 6.45) is 0. The summed E-state index contributed by atoms with van der Waals surface area (Å²) in [5, 5.41) is 10.9. The Kier molecular flexibility index (Phi) is 10.2. The number of amidine groups is 1. The van der Waals surface area contributed by atoms with E-state index >= 15 is 0 Å². The van der Waals surface area contributed by atoms with E-state index in [-0.39, 0.29) is 11.7 Å². The molecular formula is C27H33BrN6O3. The van der Waals surface area contributed by atoms with Crippen molar-refractivity contribution in [2.45, 2.75) is 13.0 Å². The number of benzene rings is 3. The van der Waals surface area contributed by atoms with Crippen molar-refractivity contribution >= 4 is 39.0 Å². The minimum atomic E-state index is -0.770. The highest BCUT2D eigenvalue weighted by atomic mass is 79.9. The number of para-hydroxylation sites is 1. The van der Waals surface area contributed by atoms with Gasteiger partial charge in [-0.25, -0.2) is 0 Å². The summed E-state index contributed by atoms with van der Waals surface area (Å²) >= 11 is 3.47. The lowest BCUT2D eigenvalue weighted by Crippen LogP contribution is -2.37. The van der Waals surface area contributed by atoms with Gasteiger partial charge in [0.1, 0.15) is 18.5 Å². The van der Waals surface area contributed by atoms with E-state index < -0.39 is 6.04 Å². The number of carbonyl (C=O) groups is 1. The number of carbonyl (C=O) groups excluding carboxylic acids is 1. The fourth-order valence-electron chi connectivity index (χ4n) is 3.41. The molecule has 0 aromatic heterocycles. The van der Waals surface area contributed by atoms with E-state index in [1.165, 1.54) is 0 Å². The lowest BCUT2D eigenvalue weighted by molar-refractivity contribution is -0.121. The van der Waals surface area contributed by atoms with Crippen LogP contribution in [-0.4, -0.2) is 50.5 Å². The third-order valence-corrected chi connectivity index (χ3v) is 6.05. The van der Waals surface area contributed by atoms with Gasteiger partial charge in [-0.2, -0.15) is 0 Å². The Morgan fingerprint density at radius 1 is 1.05 bits per heavy atom. The first-order valence-corrected chi connectivity index (χ1v) is 12.6. The molecule has 0 aliphatic carbocycles. The van der Waals surface area contributed by atoms with E-state index in [1.807, 2.05) is 68.4 Å². The molecule has 3 rings (SSSR count). The fraction of sp³-hybridized carbons (Fsp3) is 0.259. The van der Waals surface area contributed by atoms with Gasteiger partial charge in [0.15, 0.2) is 11.5 Å². The zero-order valence-electron chi connectivity index (χ0n) is 21.2. The Hall–Kier alpha value is -3.76. The number of hydrazine groups is 1. The largest absolute Gasteiger partial charge is 0.490 e. The minimum Gasteiger partial charge on any atom is -0.490 e. The Morgan fingerprint density at radius 3 is 2.43 bits per heavy atom. The smallest absolute Gasteiger partial charge is 0.265 e. The van der Waals surface area contributed by atoms with E-state index in [2.05, 4.69) is 32.1 Å². The van der Waals surface area contributed by atoms with Crippen LogP contribution in [0.15, 0.2) is 71.2 Å². The van der Waals surface area contributed by atoms with Gasteiger partial charge in [0.05, 0.1) is 12.3 Å². The minimum absolute atomic E-state index is 0.0234. The molecule has 1 amide bonds. The second-order valence-electron chi connectivity index (χ2n) is 8.45. The number of nitrogens with two attached hydrogens (primary N) is 1. The monoisotopic (exact) mass is 568 g/mol. The molecule has 0 saturated carbocycles. The Balaban J connectivity index is 1.88. The zero-order valence-corrected chi connectivity index (χ0v) is 22.8. The number of hydrogen-bond acceptors (Lipinski definition) is 7. The second kappa shape index (κ2) is 13.5. The van der Waals surface area contributed by atoms with Crippen molar-refractivity contribution in [3.63, 3.8) is 0 Å². The van der Waals surface area contributed by atoms with Crippen LogP contribution < -0.4 is 31.4 Å². The number of halogens is 1. The van der Waals surface area contributed by atoms with Crippen LogP contribution in [0.5, 0.6) is 11.5 Å². The molecule has 0 fully saturated rings. The molecule has 0 aliphatic heterocycles. The molecule has 0 bridgehead atoms. The third-order valence-electron chi connectivity index (χ3n) is 5.36. The Bertz CT molecular complexity index is 1200. The van der Waals surface area contributed by atoms with Crippen LogP contribution >= 0.6 is 15.9 Å². The number of nitrogens with zero attached hydrogens (tertiary/aromatic N) is 1. The quantitative estimate of drug-likeness (QED) is 0.118. The van der Waals surface area contributed by atoms with Crippen LogP contribution in [-0.2, 0) is 4.79 Å². The normalized spacial score (nSPS) is 11.5. The van der Waals surface area contributed by atoms with Gasteiger partial charge in [0.25, 0.3) is 5.91 Å². The molecule has 1 atom stereocenters. The van der Waals surface area contributed by atoms with E-state index in [4.69, 9.17) is 20.6 Å². The lowest BCUT2D eigenvalue weighted by atomic mass is 10.0. The zero-order chi connectivity index (χ0) is 26.8. The van der Waals surface area contributed by atoms with Gasteiger partial charge in [0.2, 0.25) is 0 Å². The number of amides is 1. The fourth-order valence-corrected chi connectivity index (χ4v) is 3.79. The van der Waals surface area contributed by atoms with Crippen LogP contribution in [0.3, 0.4) is 0 Å².